The highest BCUT2D eigenvalue weighted by Gasteiger charge is 2.30. The first-order valence-corrected chi connectivity index (χ1v) is 8.12. The molecule has 0 unspecified atom stereocenters. The molecular weight excluding hydrogens is 286 g/mol. The van der Waals surface area contributed by atoms with Crippen LogP contribution in [0.3, 0.4) is 0 Å². The number of halogens is 1. The van der Waals surface area contributed by atoms with Crippen LogP contribution < -0.4 is 4.90 Å². The normalized spacial score (nSPS) is 23.4. The fraction of sp³-hybridized carbons (Fsp3) is 0.667. The molecule has 0 N–H and O–H groups in total. The molecule has 0 aromatic carbocycles. The standard InChI is InChI=1S/C12H16ClN3O2S/c1-16(8-2-5-18-6-3-8)11-10-9(4-7-19(10)17)14-12(13)15-11/h8H,2-7H2,1H3/t19-/m1/s1. The average molecular weight is 302 g/mol. The number of aryl methyl sites for hydroxylation is 1. The number of anilines is 1. The van der Waals surface area contributed by atoms with Crippen molar-refractivity contribution < 1.29 is 8.95 Å². The molecule has 19 heavy (non-hydrogen) atoms. The fourth-order valence-electron chi connectivity index (χ4n) is 2.63. The van der Waals surface area contributed by atoms with Gasteiger partial charge in [-0.2, -0.15) is 4.98 Å². The molecule has 1 saturated heterocycles. The molecule has 0 saturated carbocycles. The zero-order valence-electron chi connectivity index (χ0n) is 10.8. The van der Waals surface area contributed by atoms with Gasteiger partial charge in [0, 0.05) is 38.5 Å². The van der Waals surface area contributed by atoms with E-state index in [4.69, 9.17) is 16.3 Å². The molecule has 1 aromatic rings. The molecule has 1 aromatic heterocycles. The third kappa shape index (κ3) is 2.49. The second kappa shape index (κ2) is 5.34. The van der Waals surface area contributed by atoms with Crippen LogP contribution in [0.15, 0.2) is 4.90 Å². The van der Waals surface area contributed by atoms with Crippen molar-refractivity contribution in [2.24, 2.45) is 0 Å². The molecule has 0 aliphatic carbocycles. The van der Waals surface area contributed by atoms with Crippen molar-refractivity contribution in [2.75, 3.05) is 30.9 Å². The van der Waals surface area contributed by atoms with E-state index in [-0.39, 0.29) is 5.28 Å². The quantitative estimate of drug-likeness (QED) is 0.773. The van der Waals surface area contributed by atoms with Gasteiger partial charge in [0.2, 0.25) is 5.28 Å². The summed E-state index contributed by atoms with van der Waals surface area (Å²) in [5.74, 6) is 1.36. The van der Waals surface area contributed by atoms with Gasteiger partial charge in [-0.05, 0) is 24.4 Å². The summed E-state index contributed by atoms with van der Waals surface area (Å²) in [6.45, 7) is 1.53. The monoisotopic (exact) mass is 301 g/mol. The molecule has 1 fully saturated rings. The van der Waals surface area contributed by atoms with E-state index in [2.05, 4.69) is 14.9 Å². The third-order valence-electron chi connectivity index (χ3n) is 3.72. The van der Waals surface area contributed by atoms with Gasteiger partial charge in [0.15, 0.2) is 0 Å². The maximum Gasteiger partial charge on any atom is 0.224 e. The van der Waals surface area contributed by atoms with Crippen LogP contribution in [0.5, 0.6) is 0 Å². The summed E-state index contributed by atoms with van der Waals surface area (Å²) in [4.78, 5) is 11.4. The highest BCUT2D eigenvalue weighted by Crippen LogP contribution is 2.32. The summed E-state index contributed by atoms with van der Waals surface area (Å²) in [6.07, 6.45) is 2.64. The van der Waals surface area contributed by atoms with Crippen LogP contribution in [-0.2, 0) is 22.0 Å². The Hall–Kier alpha value is -0.720. The lowest BCUT2D eigenvalue weighted by Gasteiger charge is -2.32. The topological polar surface area (TPSA) is 55.3 Å². The Morgan fingerprint density at radius 1 is 1.37 bits per heavy atom. The number of nitrogens with zero attached hydrogens (tertiary/aromatic N) is 3. The van der Waals surface area contributed by atoms with Gasteiger partial charge in [-0.25, -0.2) is 4.98 Å². The van der Waals surface area contributed by atoms with Gasteiger partial charge in [0.1, 0.15) is 10.7 Å². The van der Waals surface area contributed by atoms with Crippen LogP contribution in [0, 0.1) is 0 Å². The van der Waals surface area contributed by atoms with Crippen LogP contribution in [0.2, 0.25) is 5.28 Å². The summed E-state index contributed by atoms with van der Waals surface area (Å²) in [5.41, 5.74) is 0.840. The second-order valence-corrected chi connectivity index (χ2v) is 6.69. The molecule has 3 rings (SSSR count). The zero-order valence-corrected chi connectivity index (χ0v) is 12.3. The highest BCUT2D eigenvalue weighted by atomic mass is 35.5. The molecule has 104 valence electrons. The number of hydrogen-bond acceptors (Lipinski definition) is 5. The summed E-state index contributed by atoms with van der Waals surface area (Å²) in [6, 6.07) is 0.362. The SMILES string of the molecule is CN(c1nc(Cl)nc2c1[S@](=O)CC2)C1CCOCC1. The van der Waals surface area contributed by atoms with Gasteiger partial charge >= 0.3 is 0 Å². The summed E-state index contributed by atoms with van der Waals surface area (Å²) < 4.78 is 17.5. The van der Waals surface area contributed by atoms with Gasteiger partial charge in [-0.15, -0.1) is 0 Å². The van der Waals surface area contributed by atoms with Crippen molar-refractivity contribution >= 4 is 28.2 Å². The van der Waals surface area contributed by atoms with Crippen molar-refractivity contribution in [1.82, 2.24) is 9.97 Å². The molecule has 0 amide bonds. The summed E-state index contributed by atoms with van der Waals surface area (Å²) >= 11 is 5.99. The van der Waals surface area contributed by atoms with Crippen LogP contribution >= 0.6 is 11.6 Å². The Bertz CT molecular complexity index is 520. The van der Waals surface area contributed by atoms with Gasteiger partial charge in [-0.3, -0.25) is 4.21 Å². The number of hydrogen-bond donors (Lipinski definition) is 0. The largest absolute Gasteiger partial charge is 0.381 e. The van der Waals surface area contributed by atoms with Crippen molar-refractivity contribution in [3.63, 3.8) is 0 Å². The van der Waals surface area contributed by atoms with E-state index in [1.54, 1.807) is 0 Å². The maximum absolute atomic E-state index is 12.1. The smallest absolute Gasteiger partial charge is 0.224 e. The molecule has 2 aliphatic heterocycles. The highest BCUT2D eigenvalue weighted by molar-refractivity contribution is 7.85. The molecule has 0 spiro atoms. The van der Waals surface area contributed by atoms with Crippen LogP contribution in [0.25, 0.3) is 0 Å². The predicted molar refractivity (Wildman–Crippen MR) is 74.3 cm³/mol. The molecular formula is C12H16ClN3O2S. The molecule has 0 radical (unpaired) electrons. The van der Waals surface area contributed by atoms with Crippen LogP contribution in [-0.4, -0.2) is 46.2 Å². The number of rotatable bonds is 2. The van der Waals surface area contributed by atoms with E-state index in [0.29, 0.717) is 11.8 Å². The first-order chi connectivity index (χ1) is 9.16. The minimum Gasteiger partial charge on any atom is -0.381 e. The van der Waals surface area contributed by atoms with Crippen molar-refractivity contribution in [2.45, 2.75) is 30.2 Å². The van der Waals surface area contributed by atoms with Crippen molar-refractivity contribution in [1.29, 1.82) is 0 Å². The molecule has 3 heterocycles. The van der Waals surface area contributed by atoms with Gasteiger partial charge < -0.3 is 9.64 Å². The Morgan fingerprint density at radius 3 is 2.84 bits per heavy atom. The van der Waals surface area contributed by atoms with Crippen LogP contribution in [0.1, 0.15) is 18.5 Å². The molecule has 5 nitrogen and oxygen atoms in total. The molecule has 0 bridgehead atoms. The Morgan fingerprint density at radius 2 is 2.11 bits per heavy atom. The second-order valence-electron chi connectivity index (χ2n) is 4.85. The summed E-state index contributed by atoms with van der Waals surface area (Å²) in [7, 11) is 0.991. The van der Waals surface area contributed by atoms with E-state index < -0.39 is 10.8 Å². The number of ether oxygens (including phenoxy) is 1. The first-order valence-electron chi connectivity index (χ1n) is 6.42. The van der Waals surface area contributed by atoms with E-state index in [1.807, 2.05) is 7.05 Å². The average Bonchev–Trinajstić information content (AvgIpc) is 2.79. The molecule has 1 atom stereocenters. The van der Waals surface area contributed by atoms with Gasteiger partial charge in [-0.1, -0.05) is 0 Å². The van der Waals surface area contributed by atoms with E-state index in [9.17, 15) is 4.21 Å². The lowest BCUT2D eigenvalue weighted by molar-refractivity contribution is 0.0852. The van der Waals surface area contributed by atoms with E-state index in [1.165, 1.54) is 0 Å². The maximum atomic E-state index is 12.1. The lowest BCUT2D eigenvalue weighted by atomic mass is 10.1. The summed E-state index contributed by atoms with van der Waals surface area (Å²) in [5, 5.41) is 0.242. The number of aromatic nitrogens is 2. The lowest BCUT2D eigenvalue weighted by Crippen LogP contribution is -2.37. The van der Waals surface area contributed by atoms with Crippen LogP contribution in [0.4, 0.5) is 5.82 Å². The number of fused-ring (bicyclic) bond motifs is 1. The molecule has 7 heteroatoms. The zero-order chi connectivity index (χ0) is 13.4. The van der Waals surface area contributed by atoms with Gasteiger partial charge in [0.05, 0.1) is 16.5 Å². The van der Waals surface area contributed by atoms with E-state index >= 15 is 0 Å². The van der Waals surface area contributed by atoms with Crippen molar-refractivity contribution in [3.8, 4) is 0 Å². The minimum atomic E-state index is -0.999. The predicted octanol–water partition coefficient (Wildman–Crippen LogP) is 1.41. The Balaban J connectivity index is 1.97. The van der Waals surface area contributed by atoms with E-state index in [0.717, 1.165) is 48.9 Å². The van der Waals surface area contributed by atoms with Gasteiger partial charge in [0.25, 0.3) is 0 Å². The Kier molecular flexibility index (Phi) is 3.73. The third-order valence-corrected chi connectivity index (χ3v) is 5.33. The minimum absolute atomic E-state index is 0.242. The Labute approximate surface area is 119 Å². The molecule has 2 aliphatic rings. The van der Waals surface area contributed by atoms with Crippen molar-refractivity contribution in [3.05, 3.63) is 11.0 Å². The fourth-order valence-corrected chi connectivity index (χ4v) is 4.20. The first kappa shape index (κ1) is 13.3.